The van der Waals surface area contributed by atoms with Gasteiger partial charge in [-0.1, -0.05) is 23.7 Å². The Bertz CT molecular complexity index is 641. The lowest BCUT2D eigenvalue weighted by atomic mass is 10.2. The molecular weight excluding hydrogens is 288 g/mol. The van der Waals surface area contributed by atoms with Crippen molar-refractivity contribution in [2.75, 3.05) is 31.1 Å². The second-order valence-corrected chi connectivity index (χ2v) is 5.51. The van der Waals surface area contributed by atoms with E-state index in [0.29, 0.717) is 17.3 Å². The average molecular weight is 305 g/mol. The zero-order valence-corrected chi connectivity index (χ0v) is 12.8. The summed E-state index contributed by atoms with van der Waals surface area (Å²) in [6.07, 6.45) is 0. The van der Waals surface area contributed by atoms with Crippen LogP contribution in [0.4, 0.5) is 11.4 Å². The highest BCUT2D eigenvalue weighted by molar-refractivity contribution is 6.33. The SMILES string of the molecule is CN(C)c1ccc(CNc2cc3c(cc2Cl)OCO3)cc1. The molecule has 110 valence electrons. The van der Waals surface area contributed by atoms with Gasteiger partial charge < -0.3 is 19.7 Å². The van der Waals surface area contributed by atoms with Crippen molar-refractivity contribution >= 4 is 23.0 Å². The maximum atomic E-state index is 6.24. The molecule has 0 saturated heterocycles. The van der Waals surface area contributed by atoms with Gasteiger partial charge in [0.25, 0.3) is 0 Å². The predicted molar refractivity (Wildman–Crippen MR) is 85.7 cm³/mol. The fourth-order valence-electron chi connectivity index (χ4n) is 2.16. The summed E-state index contributed by atoms with van der Waals surface area (Å²) in [6, 6.07) is 12.0. The van der Waals surface area contributed by atoms with Gasteiger partial charge in [0.2, 0.25) is 6.79 Å². The van der Waals surface area contributed by atoms with Gasteiger partial charge in [-0.25, -0.2) is 0 Å². The van der Waals surface area contributed by atoms with Gasteiger partial charge in [-0.15, -0.1) is 0 Å². The number of ether oxygens (including phenoxy) is 2. The molecule has 4 nitrogen and oxygen atoms in total. The number of nitrogens with zero attached hydrogens (tertiary/aromatic N) is 1. The molecule has 0 amide bonds. The summed E-state index contributed by atoms with van der Waals surface area (Å²) in [7, 11) is 4.05. The first-order valence-electron chi connectivity index (χ1n) is 6.73. The summed E-state index contributed by atoms with van der Waals surface area (Å²) in [5, 5.41) is 3.96. The minimum absolute atomic E-state index is 0.251. The number of rotatable bonds is 4. The molecule has 5 heteroatoms. The molecule has 0 atom stereocenters. The number of hydrogen-bond acceptors (Lipinski definition) is 4. The summed E-state index contributed by atoms with van der Waals surface area (Å²) in [4.78, 5) is 2.08. The number of hydrogen-bond donors (Lipinski definition) is 1. The normalized spacial score (nSPS) is 12.3. The zero-order valence-electron chi connectivity index (χ0n) is 12.0. The van der Waals surface area contributed by atoms with E-state index < -0.39 is 0 Å². The third kappa shape index (κ3) is 3.00. The average Bonchev–Trinajstić information content (AvgIpc) is 2.92. The van der Waals surface area contributed by atoms with E-state index in [4.69, 9.17) is 21.1 Å². The highest BCUT2D eigenvalue weighted by atomic mass is 35.5. The van der Waals surface area contributed by atoms with Gasteiger partial charge in [0, 0.05) is 38.5 Å². The summed E-state index contributed by atoms with van der Waals surface area (Å²) < 4.78 is 10.7. The van der Waals surface area contributed by atoms with E-state index in [1.807, 2.05) is 20.2 Å². The number of nitrogens with one attached hydrogen (secondary N) is 1. The molecule has 1 heterocycles. The second kappa shape index (κ2) is 5.74. The van der Waals surface area contributed by atoms with Crippen molar-refractivity contribution in [3.8, 4) is 11.5 Å². The fourth-order valence-corrected chi connectivity index (χ4v) is 2.38. The van der Waals surface area contributed by atoms with Crippen LogP contribution in [0.3, 0.4) is 0 Å². The Morgan fingerprint density at radius 1 is 1.10 bits per heavy atom. The summed E-state index contributed by atoms with van der Waals surface area (Å²) in [5.41, 5.74) is 3.21. The van der Waals surface area contributed by atoms with Crippen molar-refractivity contribution in [3.63, 3.8) is 0 Å². The first kappa shape index (κ1) is 13.9. The lowest BCUT2D eigenvalue weighted by Gasteiger charge is -2.13. The largest absolute Gasteiger partial charge is 0.454 e. The summed E-state index contributed by atoms with van der Waals surface area (Å²) in [6.45, 7) is 0.953. The minimum atomic E-state index is 0.251. The number of anilines is 2. The van der Waals surface area contributed by atoms with Gasteiger partial charge in [-0.05, 0) is 17.7 Å². The molecule has 1 aliphatic heterocycles. The Kier molecular flexibility index (Phi) is 3.80. The Labute approximate surface area is 129 Å². The molecular formula is C16H17ClN2O2. The van der Waals surface area contributed by atoms with Crippen LogP contribution in [0, 0.1) is 0 Å². The maximum Gasteiger partial charge on any atom is 0.231 e. The van der Waals surface area contributed by atoms with Crippen LogP contribution in [-0.4, -0.2) is 20.9 Å². The Morgan fingerprint density at radius 2 is 1.76 bits per heavy atom. The van der Waals surface area contributed by atoms with Crippen molar-refractivity contribution in [1.82, 2.24) is 0 Å². The minimum Gasteiger partial charge on any atom is -0.454 e. The topological polar surface area (TPSA) is 33.7 Å². The molecule has 3 rings (SSSR count). The van der Waals surface area contributed by atoms with Crippen molar-refractivity contribution < 1.29 is 9.47 Å². The monoisotopic (exact) mass is 304 g/mol. The van der Waals surface area contributed by atoms with Gasteiger partial charge in [0.1, 0.15) is 0 Å². The quantitative estimate of drug-likeness (QED) is 0.933. The highest BCUT2D eigenvalue weighted by Crippen LogP contribution is 2.39. The van der Waals surface area contributed by atoms with Crippen LogP contribution in [0.2, 0.25) is 5.02 Å². The molecule has 1 aliphatic rings. The van der Waals surface area contributed by atoms with E-state index >= 15 is 0 Å². The molecule has 0 saturated carbocycles. The number of benzene rings is 2. The van der Waals surface area contributed by atoms with E-state index in [-0.39, 0.29) is 6.79 Å². The molecule has 21 heavy (non-hydrogen) atoms. The highest BCUT2D eigenvalue weighted by Gasteiger charge is 2.16. The smallest absolute Gasteiger partial charge is 0.231 e. The van der Waals surface area contributed by atoms with Gasteiger partial charge in [-0.3, -0.25) is 0 Å². The Morgan fingerprint density at radius 3 is 2.43 bits per heavy atom. The van der Waals surface area contributed by atoms with Crippen LogP contribution in [0.1, 0.15) is 5.56 Å². The van der Waals surface area contributed by atoms with Crippen molar-refractivity contribution in [2.24, 2.45) is 0 Å². The van der Waals surface area contributed by atoms with Crippen molar-refractivity contribution in [1.29, 1.82) is 0 Å². The molecule has 0 aliphatic carbocycles. The van der Waals surface area contributed by atoms with E-state index in [2.05, 4.69) is 34.5 Å². The van der Waals surface area contributed by atoms with Crippen LogP contribution >= 0.6 is 11.6 Å². The lowest BCUT2D eigenvalue weighted by molar-refractivity contribution is 0.174. The van der Waals surface area contributed by atoms with Gasteiger partial charge >= 0.3 is 0 Å². The second-order valence-electron chi connectivity index (χ2n) is 5.10. The van der Waals surface area contributed by atoms with Crippen LogP contribution < -0.4 is 19.7 Å². The van der Waals surface area contributed by atoms with E-state index in [0.717, 1.165) is 11.4 Å². The molecule has 0 aromatic heterocycles. The maximum absolute atomic E-state index is 6.24. The van der Waals surface area contributed by atoms with E-state index in [9.17, 15) is 0 Å². The summed E-state index contributed by atoms with van der Waals surface area (Å²) in [5.74, 6) is 1.42. The lowest BCUT2D eigenvalue weighted by Crippen LogP contribution is -2.08. The van der Waals surface area contributed by atoms with Crippen LogP contribution in [0.5, 0.6) is 11.5 Å². The first-order chi connectivity index (χ1) is 10.1. The number of halogens is 1. The molecule has 0 spiro atoms. The zero-order chi connectivity index (χ0) is 14.8. The third-order valence-corrected chi connectivity index (χ3v) is 3.71. The first-order valence-corrected chi connectivity index (χ1v) is 7.10. The molecule has 1 N–H and O–H groups in total. The number of fused-ring (bicyclic) bond motifs is 1. The van der Waals surface area contributed by atoms with E-state index in [1.165, 1.54) is 11.3 Å². The van der Waals surface area contributed by atoms with Crippen LogP contribution in [-0.2, 0) is 6.54 Å². The van der Waals surface area contributed by atoms with Crippen LogP contribution in [0.15, 0.2) is 36.4 Å². The fraction of sp³-hybridized carbons (Fsp3) is 0.250. The molecule has 0 unspecified atom stereocenters. The molecule has 0 radical (unpaired) electrons. The van der Waals surface area contributed by atoms with Gasteiger partial charge in [0.15, 0.2) is 11.5 Å². The van der Waals surface area contributed by atoms with E-state index in [1.54, 1.807) is 6.07 Å². The van der Waals surface area contributed by atoms with Crippen molar-refractivity contribution in [3.05, 3.63) is 47.0 Å². The Hall–Kier alpha value is -2.07. The van der Waals surface area contributed by atoms with Gasteiger partial charge in [0.05, 0.1) is 10.7 Å². The van der Waals surface area contributed by atoms with Gasteiger partial charge in [-0.2, -0.15) is 0 Å². The summed E-state index contributed by atoms with van der Waals surface area (Å²) >= 11 is 6.24. The molecule has 0 fully saturated rings. The predicted octanol–water partition coefficient (Wildman–Crippen LogP) is 3.75. The van der Waals surface area contributed by atoms with Crippen molar-refractivity contribution in [2.45, 2.75) is 6.54 Å². The Balaban J connectivity index is 1.70. The van der Waals surface area contributed by atoms with Crippen LogP contribution in [0.25, 0.3) is 0 Å². The third-order valence-electron chi connectivity index (χ3n) is 3.40. The molecule has 0 bridgehead atoms. The standard InChI is InChI=1S/C16H17ClN2O2/c1-19(2)12-5-3-11(4-6-12)9-18-14-8-16-15(7-13(14)17)20-10-21-16/h3-8,18H,9-10H2,1-2H3. The molecule has 2 aromatic carbocycles. The molecule has 2 aromatic rings.